The number of aryl methyl sites for hydroxylation is 1. The number of ether oxygens (including phenoxy) is 1. The molecule has 5 rings (SSSR count). The normalized spacial score (nSPS) is 14.7. The summed E-state index contributed by atoms with van der Waals surface area (Å²) in [6.07, 6.45) is 4.09. The molecule has 1 atom stereocenters. The lowest BCUT2D eigenvalue weighted by atomic mass is 10.1. The monoisotopic (exact) mass is 457 g/mol. The minimum Gasteiger partial charge on any atom is -0.492 e. The second-order valence-electron chi connectivity index (χ2n) is 7.69. The molecule has 0 aliphatic heterocycles. The summed E-state index contributed by atoms with van der Waals surface area (Å²) in [5.41, 5.74) is 1.11. The molecule has 0 unspecified atom stereocenters. The molecule has 1 aromatic carbocycles. The van der Waals surface area contributed by atoms with Crippen LogP contribution in [-0.4, -0.2) is 36.8 Å². The minimum absolute atomic E-state index is 0.170. The first-order chi connectivity index (χ1) is 15.0. The van der Waals surface area contributed by atoms with Crippen LogP contribution in [0.25, 0.3) is 15.9 Å². The van der Waals surface area contributed by atoms with Crippen LogP contribution >= 0.6 is 22.9 Å². The summed E-state index contributed by atoms with van der Waals surface area (Å²) in [6.45, 7) is 4.39. The smallest absolute Gasteiger partial charge is 0.253 e. The number of hydrogen-bond acceptors (Lipinski definition) is 8. The van der Waals surface area contributed by atoms with E-state index in [4.69, 9.17) is 16.3 Å². The van der Waals surface area contributed by atoms with Crippen LogP contribution in [0.3, 0.4) is 0 Å². The zero-order valence-corrected chi connectivity index (χ0v) is 18.5. The number of aromatic amines is 1. The highest BCUT2D eigenvalue weighted by Gasteiger charge is 2.22. The van der Waals surface area contributed by atoms with E-state index in [1.165, 1.54) is 24.2 Å². The molecule has 1 aliphatic rings. The standard InChI is InChI=1S/C20H20ClN7O2S/c1-10(23-20-22-8-18(31-20)28-11(2)25-26-27-28)14-5-13-6-15(21)17(30-9-12-3-4-12)7-16(13)24-19(14)29/h5-8,10,12H,3-4,9H2,1-2H3,(H,22,23)(H,24,29)/t10-/m0/s1. The quantitative estimate of drug-likeness (QED) is 0.433. The second kappa shape index (κ2) is 7.93. The molecular formula is C20H20ClN7O2S. The van der Waals surface area contributed by atoms with Crippen LogP contribution in [0, 0.1) is 12.8 Å². The van der Waals surface area contributed by atoms with Crippen molar-refractivity contribution in [2.45, 2.75) is 32.7 Å². The van der Waals surface area contributed by atoms with Gasteiger partial charge in [0.1, 0.15) is 10.8 Å². The maximum Gasteiger partial charge on any atom is 0.253 e. The highest BCUT2D eigenvalue weighted by molar-refractivity contribution is 7.17. The zero-order chi connectivity index (χ0) is 21.5. The molecular weight excluding hydrogens is 438 g/mol. The molecule has 31 heavy (non-hydrogen) atoms. The van der Waals surface area contributed by atoms with E-state index >= 15 is 0 Å². The van der Waals surface area contributed by atoms with E-state index in [0.29, 0.717) is 45.3 Å². The number of hydrogen-bond donors (Lipinski definition) is 2. The van der Waals surface area contributed by atoms with Crippen molar-refractivity contribution in [1.82, 2.24) is 30.2 Å². The zero-order valence-electron chi connectivity index (χ0n) is 16.9. The first-order valence-corrected chi connectivity index (χ1v) is 11.1. The van der Waals surface area contributed by atoms with Gasteiger partial charge in [0.15, 0.2) is 11.0 Å². The maximum atomic E-state index is 12.8. The van der Waals surface area contributed by atoms with Crippen molar-refractivity contribution in [3.05, 3.63) is 51.2 Å². The number of pyridine rings is 1. The van der Waals surface area contributed by atoms with Crippen molar-refractivity contribution in [3.8, 4) is 10.8 Å². The van der Waals surface area contributed by atoms with E-state index in [0.717, 1.165) is 10.4 Å². The van der Waals surface area contributed by atoms with Crippen LogP contribution in [0.15, 0.2) is 29.2 Å². The first-order valence-electron chi connectivity index (χ1n) is 9.95. The topological polar surface area (TPSA) is 111 Å². The molecule has 0 amide bonds. The van der Waals surface area contributed by atoms with Gasteiger partial charge >= 0.3 is 0 Å². The molecule has 3 heterocycles. The lowest BCUT2D eigenvalue weighted by Gasteiger charge is -2.14. The van der Waals surface area contributed by atoms with Gasteiger partial charge in [-0.15, -0.1) is 5.10 Å². The molecule has 1 aliphatic carbocycles. The molecule has 1 saturated carbocycles. The number of benzene rings is 1. The van der Waals surface area contributed by atoms with E-state index < -0.39 is 0 Å². The lowest BCUT2D eigenvalue weighted by molar-refractivity contribution is 0.300. The van der Waals surface area contributed by atoms with Crippen LogP contribution in [0.2, 0.25) is 5.02 Å². The highest BCUT2D eigenvalue weighted by atomic mass is 35.5. The fourth-order valence-electron chi connectivity index (χ4n) is 3.28. The number of nitrogens with one attached hydrogen (secondary N) is 2. The third-order valence-corrected chi connectivity index (χ3v) is 6.43. The number of nitrogens with zero attached hydrogens (tertiary/aromatic N) is 5. The van der Waals surface area contributed by atoms with Gasteiger partial charge in [0.05, 0.1) is 29.4 Å². The van der Waals surface area contributed by atoms with Gasteiger partial charge in [0.2, 0.25) is 0 Å². The molecule has 9 nitrogen and oxygen atoms in total. The number of anilines is 1. The van der Waals surface area contributed by atoms with Gasteiger partial charge in [0, 0.05) is 17.0 Å². The van der Waals surface area contributed by atoms with E-state index in [1.54, 1.807) is 16.9 Å². The van der Waals surface area contributed by atoms with Crippen molar-refractivity contribution in [3.63, 3.8) is 0 Å². The van der Waals surface area contributed by atoms with Gasteiger partial charge in [0.25, 0.3) is 5.56 Å². The maximum absolute atomic E-state index is 12.8. The second-order valence-corrected chi connectivity index (χ2v) is 9.10. The predicted octanol–water partition coefficient (Wildman–Crippen LogP) is 3.88. The van der Waals surface area contributed by atoms with Gasteiger partial charge in [-0.25, -0.2) is 4.98 Å². The van der Waals surface area contributed by atoms with Crippen molar-refractivity contribution >= 4 is 39.0 Å². The van der Waals surface area contributed by atoms with Crippen molar-refractivity contribution < 1.29 is 4.74 Å². The first kappa shape index (κ1) is 20.0. The van der Waals surface area contributed by atoms with E-state index in [-0.39, 0.29) is 11.6 Å². The molecule has 0 saturated heterocycles. The van der Waals surface area contributed by atoms with E-state index in [9.17, 15) is 4.79 Å². The number of halogens is 1. The Balaban J connectivity index is 1.38. The van der Waals surface area contributed by atoms with Gasteiger partial charge in [-0.05, 0) is 55.2 Å². The summed E-state index contributed by atoms with van der Waals surface area (Å²) in [7, 11) is 0. The summed E-state index contributed by atoms with van der Waals surface area (Å²) >= 11 is 7.82. The number of fused-ring (bicyclic) bond motifs is 1. The largest absolute Gasteiger partial charge is 0.492 e. The van der Waals surface area contributed by atoms with E-state index in [1.807, 2.05) is 26.0 Å². The number of H-pyrrole nitrogens is 1. The van der Waals surface area contributed by atoms with Gasteiger partial charge in [-0.3, -0.25) is 4.79 Å². The van der Waals surface area contributed by atoms with E-state index in [2.05, 4.69) is 30.8 Å². The molecule has 0 spiro atoms. The Morgan fingerprint density at radius 3 is 2.97 bits per heavy atom. The van der Waals surface area contributed by atoms with Crippen LogP contribution in [-0.2, 0) is 0 Å². The Labute approximate surface area is 186 Å². The summed E-state index contributed by atoms with van der Waals surface area (Å²) in [5.74, 6) is 1.90. The van der Waals surface area contributed by atoms with Crippen LogP contribution in [0.5, 0.6) is 5.75 Å². The fraction of sp³-hybridized carbons (Fsp3) is 0.350. The number of tetrazole rings is 1. The molecule has 0 radical (unpaired) electrons. The summed E-state index contributed by atoms with van der Waals surface area (Å²) < 4.78 is 7.43. The minimum atomic E-state index is -0.272. The predicted molar refractivity (Wildman–Crippen MR) is 119 cm³/mol. The molecule has 2 N–H and O–H groups in total. The highest BCUT2D eigenvalue weighted by Crippen LogP contribution is 2.34. The van der Waals surface area contributed by atoms with Crippen LogP contribution in [0.1, 0.15) is 37.2 Å². The summed E-state index contributed by atoms with van der Waals surface area (Å²) in [5, 5.41) is 17.6. The van der Waals surface area contributed by atoms with Gasteiger partial charge in [-0.1, -0.05) is 22.9 Å². The van der Waals surface area contributed by atoms with Crippen molar-refractivity contribution in [2.75, 3.05) is 11.9 Å². The van der Waals surface area contributed by atoms with Crippen molar-refractivity contribution in [2.24, 2.45) is 5.92 Å². The molecule has 1 fully saturated rings. The third-order valence-electron chi connectivity index (χ3n) is 5.23. The van der Waals surface area contributed by atoms with Gasteiger partial charge < -0.3 is 15.0 Å². The molecule has 0 bridgehead atoms. The Morgan fingerprint density at radius 2 is 2.23 bits per heavy atom. The average molecular weight is 458 g/mol. The third kappa shape index (κ3) is 4.13. The lowest BCUT2D eigenvalue weighted by Crippen LogP contribution is -2.19. The Hall–Kier alpha value is -2.98. The SMILES string of the molecule is Cc1nnnn1-c1cnc(N[C@@H](C)c2cc3cc(Cl)c(OCC4CC4)cc3[nH]c2=O)s1. The van der Waals surface area contributed by atoms with Gasteiger partial charge in [-0.2, -0.15) is 4.68 Å². The fourth-order valence-corrected chi connectivity index (χ4v) is 4.40. The van der Waals surface area contributed by atoms with Crippen molar-refractivity contribution in [1.29, 1.82) is 0 Å². The number of thiazole rings is 1. The Bertz CT molecular complexity index is 1310. The average Bonchev–Trinajstić information content (AvgIpc) is 3.30. The molecule has 3 aromatic heterocycles. The molecule has 160 valence electrons. The Morgan fingerprint density at radius 1 is 1.39 bits per heavy atom. The summed E-state index contributed by atoms with van der Waals surface area (Å²) in [4.78, 5) is 20.1. The molecule has 4 aromatic rings. The molecule has 11 heteroatoms. The summed E-state index contributed by atoms with van der Waals surface area (Å²) in [6, 6.07) is 5.20. The Kier molecular flexibility index (Phi) is 5.11. The number of rotatable bonds is 7. The number of aromatic nitrogens is 6. The van der Waals surface area contributed by atoms with Crippen LogP contribution in [0.4, 0.5) is 5.13 Å². The van der Waals surface area contributed by atoms with Crippen LogP contribution < -0.4 is 15.6 Å².